The highest BCUT2D eigenvalue weighted by Crippen LogP contribution is 2.28. The molecule has 2 N–H and O–H groups in total. The number of likely N-dealkylation sites (tertiary alicyclic amines) is 1. The third-order valence-corrected chi connectivity index (χ3v) is 5.04. The van der Waals surface area contributed by atoms with Crippen LogP contribution in [0.4, 0.5) is 0 Å². The number of H-pyrrole nitrogens is 1. The van der Waals surface area contributed by atoms with E-state index in [0.717, 1.165) is 10.2 Å². The second-order valence-corrected chi connectivity index (χ2v) is 6.45. The van der Waals surface area contributed by atoms with E-state index in [0.29, 0.717) is 31.6 Å². The van der Waals surface area contributed by atoms with Gasteiger partial charge >= 0.3 is 0 Å². The first-order valence-electron chi connectivity index (χ1n) is 6.96. The quantitative estimate of drug-likeness (QED) is 0.834. The zero-order chi connectivity index (χ0) is 14.4. The fourth-order valence-corrected chi connectivity index (χ4v) is 3.79. The zero-order valence-corrected chi connectivity index (χ0v) is 12.2. The summed E-state index contributed by atoms with van der Waals surface area (Å²) in [4.78, 5) is 28.8. The number of hydrogen-bond donors (Lipinski definition) is 2. The van der Waals surface area contributed by atoms with E-state index in [-0.39, 0.29) is 18.4 Å². The average Bonchev–Trinajstić information content (AvgIpc) is 3.14. The lowest BCUT2D eigenvalue weighted by atomic mass is 10.0. The second kappa shape index (κ2) is 4.57. The van der Waals surface area contributed by atoms with E-state index in [2.05, 4.69) is 10.3 Å². The molecule has 2 amide bonds. The Bertz CT molecular complexity index is 683. The van der Waals surface area contributed by atoms with Gasteiger partial charge < -0.3 is 19.9 Å². The SMILES string of the molecule is O=C1COC2(CCN(C(=O)c3cc4sccc4[nH]3)CC2)N1. The Morgan fingerprint density at radius 2 is 2.19 bits per heavy atom. The number of thiophene rings is 1. The van der Waals surface area contributed by atoms with Gasteiger partial charge in [-0.15, -0.1) is 11.3 Å². The van der Waals surface area contributed by atoms with Gasteiger partial charge in [-0.05, 0) is 17.5 Å². The molecule has 2 saturated heterocycles. The van der Waals surface area contributed by atoms with Crippen LogP contribution in [0.2, 0.25) is 0 Å². The maximum absolute atomic E-state index is 12.5. The normalized spacial score (nSPS) is 21.1. The van der Waals surface area contributed by atoms with E-state index in [4.69, 9.17) is 4.74 Å². The van der Waals surface area contributed by atoms with Crippen molar-refractivity contribution < 1.29 is 14.3 Å². The zero-order valence-electron chi connectivity index (χ0n) is 11.3. The number of carbonyl (C=O) groups is 2. The van der Waals surface area contributed by atoms with Gasteiger partial charge in [-0.25, -0.2) is 0 Å². The number of hydrogen-bond acceptors (Lipinski definition) is 4. The minimum absolute atomic E-state index is 0.0116. The standard InChI is InChI=1S/C14H15N3O3S/c18-12-8-20-14(16-12)2-4-17(5-3-14)13(19)10-7-11-9(15-10)1-6-21-11/h1,6-7,15H,2-5,8H2,(H,16,18). The molecule has 6 nitrogen and oxygen atoms in total. The number of ether oxygens (including phenoxy) is 1. The summed E-state index contributed by atoms with van der Waals surface area (Å²) in [6, 6.07) is 3.88. The summed E-state index contributed by atoms with van der Waals surface area (Å²) in [5, 5.41) is 4.88. The molecule has 0 bridgehead atoms. The van der Waals surface area contributed by atoms with Crippen LogP contribution in [0.1, 0.15) is 23.3 Å². The summed E-state index contributed by atoms with van der Waals surface area (Å²) in [6.45, 7) is 1.30. The van der Waals surface area contributed by atoms with Crippen molar-refractivity contribution in [2.75, 3.05) is 19.7 Å². The number of piperidine rings is 1. The van der Waals surface area contributed by atoms with Crippen LogP contribution in [0, 0.1) is 0 Å². The van der Waals surface area contributed by atoms with Crippen molar-refractivity contribution in [3.8, 4) is 0 Å². The van der Waals surface area contributed by atoms with Crippen LogP contribution in [0.15, 0.2) is 17.5 Å². The summed E-state index contributed by atoms with van der Waals surface area (Å²) in [5.41, 5.74) is 1.08. The van der Waals surface area contributed by atoms with E-state index in [1.165, 1.54) is 0 Å². The van der Waals surface area contributed by atoms with Crippen molar-refractivity contribution in [3.05, 3.63) is 23.2 Å². The Kier molecular flexibility index (Phi) is 2.80. The summed E-state index contributed by atoms with van der Waals surface area (Å²) in [6.07, 6.45) is 1.28. The Balaban J connectivity index is 1.47. The van der Waals surface area contributed by atoms with Crippen molar-refractivity contribution in [2.24, 2.45) is 0 Å². The van der Waals surface area contributed by atoms with Gasteiger partial charge in [-0.3, -0.25) is 9.59 Å². The largest absolute Gasteiger partial charge is 0.350 e. The number of amides is 2. The van der Waals surface area contributed by atoms with E-state index >= 15 is 0 Å². The topological polar surface area (TPSA) is 74.4 Å². The van der Waals surface area contributed by atoms with E-state index in [1.54, 1.807) is 11.3 Å². The molecule has 4 heterocycles. The minimum Gasteiger partial charge on any atom is -0.350 e. The third kappa shape index (κ3) is 2.13. The van der Waals surface area contributed by atoms with Crippen molar-refractivity contribution in [1.29, 1.82) is 0 Å². The molecule has 21 heavy (non-hydrogen) atoms. The monoisotopic (exact) mass is 305 g/mol. The number of aromatic nitrogens is 1. The summed E-state index contributed by atoms with van der Waals surface area (Å²) in [7, 11) is 0. The minimum atomic E-state index is -0.552. The molecule has 7 heteroatoms. The maximum atomic E-state index is 12.5. The van der Waals surface area contributed by atoms with Gasteiger partial charge in [-0.2, -0.15) is 0 Å². The fourth-order valence-electron chi connectivity index (χ4n) is 3.00. The highest BCUT2D eigenvalue weighted by atomic mass is 32.1. The lowest BCUT2D eigenvalue weighted by Crippen LogP contribution is -2.53. The smallest absolute Gasteiger partial charge is 0.270 e. The number of aromatic amines is 1. The molecule has 0 radical (unpaired) electrons. The molecular weight excluding hydrogens is 290 g/mol. The second-order valence-electron chi connectivity index (χ2n) is 5.50. The van der Waals surface area contributed by atoms with E-state index < -0.39 is 5.72 Å². The Hall–Kier alpha value is -1.86. The van der Waals surface area contributed by atoms with Crippen molar-refractivity contribution in [1.82, 2.24) is 15.2 Å². The molecular formula is C14H15N3O3S. The number of carbonyl (C=O) groups excluding carboxylic acids is 2. The summed E-state index contributed by atoms with van der Waals surface area (Å²) in [5.74, 6) is -0.0584. The lowest BCUT2D eigenvalue weighted by molar-refractivity contribution is -0.119. The molecule has 2 aromatic heterocycles. The van der Waals surface area contributed by atoms with E-state index in [1.807, 2.05) is 22.4 Å². The fraction of sp³-hybridized carbons (Fsp3) is 0.429. The molecule has 4 rings (SSSR count). The van der Waals surface area contributed by atoms with Gasteiger partial charge in [0.25, 0.3) is 5.91 Å². The van der Waals surface area contributed by atoms with Gasteiger partial charge in [-0.1, -0.05) is 0 Å². The Morgan fingerprint density at radius 3 is 2.86 bits per heavy atom. The number of nitrogens with zero attached hydrogens (tertiary/aromatic N) is 1. The predicted octanol–water partition coefficient (Wildman–Crippen LogP) is 1.31. The molecule has 110 valence electrons. The van der Waals surface area contributed by atoms with E-state index in [9.17, 15) is 9.59 Å². The molecule has 1 spiro atoms. The van der Waals surface area contributed by atoms with Crippen LogP contribution in [-0.4, -0.2) is 47.1 Å². The molecule has 0 unspecified atom stereocenters. The number of fused-ring (bicyclic) bond motifs is 1. The van der Waals surface area contributed by atoms with Crippen LogP contribution in [0.3, 0.4) is 0 Å². The average molecular weight is 305 g/mol. The van der Waals surface area contributed by atoms with Gasteiger partial charge in [0.2, 0.25) is 5.91 Å². The molecule has 0 saturated carbocycles. The third-order valence-electron chi connectivity index (χ3n) is 4.18. The summed E-state index contributed by atoms with van der Waals surface area (Å²) < 4.78 is 6.65. The van der Waals surface area contributed by atoms with Gasteiger partial charge in [0, 0.05) is 25.9 Å². The van der Waals surface area contributed by atoms with Gasteiger partial charge in [0.05, 0.1) is 10.2 Å². The summed E-state index contributed by atoms with van der Waals surface area (Å²) >= 11 is 1.62. The van der Waals surface area contributed by atoms with Crippen molar-refractivity contribution in [2.45, 2.75) is 18.6 Å². The lowest BCUT2D eigenvalue weighted by Gasteiger charge is -2.37. The van der Waals surface area contributed by atoms with Gasteiger partial charge in [0.1, 0.15) is 18.0 Å². The number of nitrogens with one attached hydrogen (secondary N) is 2. The first-order valence-corrected chi connectivity index (χ1v) is 7.84. The van der Waals surface area contributed by atoms with Crippen LogP contribution in [0.5, 0.6) is 0 Å². The van der Waals surface area contributed by atoms with Crippen molar-refractivity contribution >= 4 is 33.4 Å². The molecule has 2 aliphatic rings. The molecule has 0 aromatic carbocycles. The first-order chi connectivity index (χ1) is 10.2. The first kappa shape index (κ1) is 12.8. The predicted molar refractivity (Wildman–Crippen MR) is 78.1 cm³/mol. The molecule has 2 fully saturated rings. The van der Waals surface area contributed by atoms with Crippen LogP contribution < -0.4 is 5.32 Å². The molecule has 0 atom stereocenters. The Morgan fingerprint density at radius 1 is 1.38 bits per heavy atom. The molecule has 0 aliphatic carbocycles. The molecule has 2 aliphatic heterocycles. The van der Waals surface area contributed by atoms with Crippen LogP contribution >= 0.6 is 11.3 Å². The van der Waals surface area contributed by atoms with Crippen LogP contribution in [0.25, 0.3) is 10.2 Å². The van der Waals surface area contributed by atoms with Gasteiger partial charge in [0.15, 0.2) is 0 Å². The van der Waals surface area contributed by atoms with Crippen molar-refractivity contribution in [3.63, 3.8) is 0 Å². The molecule has 2 aromatic rings. The highest BCUT2D eigenvalue weighted by molar-refractivity contribution is 7.17. The van der Waals surface area contributed by atoms with Crippen LogP contribution in [-0.2, 0) is 9.53 Å². The number of rotatable bonds is 1. The Labute approximate surface area is 125 Å². The maximum Gasteiger partial charge on any atom is 0.270 e. The highest BCUT2D eigenvalue weighted by Gasteiger charge is 2.42.